The van der Waals surface area contributed by atoms with Gasteiger partial charge in [0, 0.05) is 13.1 Å². The number of amides is 1. The number of carbonyl (C=O) groups is 2. The standard InChI is InChI=1S/C13H20N4O3/c1-2-6-10-12(13(19)20)14-15-17(10)9-11(18)16-7-4-3-5-8-16/h2-9H2,1H3,(H,19,20). The fourth-order valence-corrected chi connectivity index (χ4v) is 2.48. The van der Waals surface area contributed by atoms with Crippen LogP contribution in [0.25, 0.3) is 0 Å². The highest BCUT2D eigenvalue weighted by Crippen LogP contribution is 2.12. The topological polar surface area (TPSA) is 88.3 Å². The van der Waals surface area contributed by atoms with Crippen LogP contribution in [0.2, 0.25) is 0 Å². The number of aromatic nitrogens is 3. The molecule has 0 aromatic carbocycles. The Hall–Kier alpha value is -1.92. The molecule has 0 bridgehead atoms. The Bertz CT molecular complexity index is 492. The maximum atomic E-state index is 12.2. The molecule has 1 aromatic heterocycles. The van der Waals surface area contributed by atoms with Gasteiger partial charge in [0.1, 0.15) is 6.54 Å². The molecule has 0 aliphatic carbocycles. The first-order valence-electron chi connectivity index (χ1n) is 7.07. The van der Waals surface area contributed by atoms with Gasteiger partial charge in [-0.3, -0.25) is 4.79 Å². The zero-order chi connectivity index (χ0) is 14.5. The number of likely N-dealkylation sites (tertiary alicyclic amines) is 1. The maximum absolute atomic E-state index is 12.2. The summed E-state index contributed by atoms with van der Waals surface area (Å²) < 4.78 is 1.43. The van der Waals surface area contributed by atoms with E-state index in [1.54, 1.807) is 0 Å². The Morgan fingerprint density at radius 2 is 1.95 bits per heavy atom. The third-order valence-corrected chi connectivity index (χ3v) is 3.52. The average Bonchev–Trinajstić information content (AvgIpc) is 2.83. The van der Waals surface area contributed by atoms with Crippen LogP contribution >= 0.6 is 0 Å². The van der Waals surface area contributed by atoms with Gasteiger partial charge in [0.15, 0.2) is 5.69 Å². The summed E-state index contributed by atoms with van der Waals surface area (Å²) in [7, 11) is 0. The Morgan fingerprint density at radius 3 is 2.55 bits per heavy atom. The number of carboxylic acids is 1. The molecule has 0 radical (unpaired) electrons. The van der Waals surface area contributed by atoms with E-state index in [1.165, 1.54) is 4.68 Å². The highest BCUT2D eigenvalue weighted by Gasteiger charge is 2.22. The molecule has 0 atom stereocenters. The maximum Gasteiger partial charge on any atom is 0.358 e. The minimum absolute atomic E-state index is 0.0103. The fourth-order valence-electron chi connectivity index (χ4n) is 2.48. The number of aromatic carboxylic acids is 1. The third kappa shape index (κ3) is 3.15. The van der Waals surface area contributed by atoms with Crippen molar-refractivity contribution in [1.29, 1.82) is 0 Å². The van der Waals surface area contributed by atoms with Gasteiger partial charge in [0.2, 0.25) is 5.91 Å². The summed E-state index contributed by atoms with van der Waals surface area (Å²) in [5.74, 6) is -1.10. The molecule has 1 fully saturated rings. The minimum atomic E-state index is -1.09. The normalized spacial score (nSPS) is 15.3. The first-order valence-corrected chi connectivity index (χ1v) is 7.07. The van der Waals surface area contributed by atoms with Crippen molar-refractivity contribution in [3.8, 4) is 0 Å². The number of piperidine rings is 1. The number of hydrogen-bond donors (Lipinski definition) is 1. The summed E-state index contributed by atoms with van der Waals surface area (Å²) >= 11 is 0. The summed E-state index contributed by atoms with van der Waals surface area (Å²) in [5, 5.41) is 16.6. The molecule has 7 nitrogen and oxygen atoms in total. The van der Waals surface area contributed by atoms with Crippen LogP contribution in [0.3, 0.4) is 0 Å². The largest absolute Gasteiger partial charge is 0.476 e. The molecule has 1 aromatic rings. The number of hydrogen-bond acceptors (Lipinski definition) is 4. The van der Waals surface area contributed by atoms with Gasteiger partial charge in [-0.25, -0.2) is 9.48 Å². The van der Waals surface area contributed by atoms with Crippen molar-refractivity contribution in [1.82, 2.24) is 19.9 Å². The van der Waals surface area contributed by atoms with Crippen LogP contribution in [0.4, 0.5) is 0 Å². The first kappa shape index (κ1) is 14.5. The second kappa shape index (κ2) is 6.49. The molecule has 0 spiro atoms. The lowest BCUT2D eigenvalue weighted by Gasteiger charge is -2.26. The van der Waals surface area contributed by atoms with Crippen molar-refractivity contribution < 1.29 is 14.7 Å². The lowest BCUT2D eigenvalue weighted by molar-refractivity contribution is -0.133. The second-order valence-electron chi connectivity index (χ2n) is 5.04. The van der Waals surface area contributed by atoms with Gasteiger partial charge in [0.25, 0.3) is 0 Å². The predicted octanol–water partition coefficient (Wildman–Crippen LogP) is 0.941. The Morgan fingerprint density at radius 1 is 1.25 bits per heavy atom. The lowest BCUT2D eigenvalue weighted by atomic mass is 10.1. The molecule has 20 heavy (non-hydrogen) atoms. The molecule has 0 unspecified atom stereocenters. The molecule has 0 saturated carbocycles. The van der Waals surface area contributed by atoms with Crippen molar-refractivity contribution in [3.63, 3.8) is 0 Å². The SMILES string of the molecule is CCCc1c(C(=O)O)nnn1CC(=O)N1CCCCC1. The van der Waals surface area contributed by atoms with E-state index in [-0.39, 0.29) is 18.1 Å². The Balaban J connectivity index is 2.11. The van der Waals surface area contributed by atoms with Crippen molar-refractivity contribution >= 4 is 11.9 Å². The van der Waals surface area contributed by atoms with Crippen LogP contribution in [0.5, 0.6) is 0 Å². The van der Waals surface area contributed by atoms with E-state index in [1.807, 2.05) is 11.8 Å². The molecular weight excluding hydrogens is 260 g/mol. The van der Waals surface area contributed by atoms with E-state index in [9.17, 15) is 9.59 Å². The van der Waals surface area contributed by atoms with Crippen molar-refractivity contribution in [3.05, 3.63) is 11.4 Å². The molecule has 1 N–H and O–H groups in total. The number of rotatable bonds is 5. The molecule has 110 valence electrons. The molecule has 1 amide bonds. The summed E-state index contributed by atoms with van der Waals surface area (Å²) in [6.07, 6.45) is 4.57. The van der Waals surface area contributed by atoms with Gasteiger partial charge in [-0.1, -0.05) is 18.6 Å². The fraction of sp³-hybridized carbons (Fsp3) is 0.692. The summed E-state index contributed by atoms with van der Waals surface area (Å²) in [6, 6.07) is 0. The van der Waals surface area contributed by atoms with Crippen LogP contribution in [0.1, 0.15) is 48.8 Å². The highest BCUT2D eigenvalue weighted by molar-refractivity contribution is 5.86. The predicted molar refractivity (Wildman–Crippen MR) is 71.4 cm³/mol. The summed E-state index contributed by atoms with van der Waals surface area (Å²) in [6.45, 7) is 3.59. The van der Waals surface area contributed by atoms with E-state index >= 15 is 0 Å². The van der Waals surface area contributed by atoms with Gasteiger partial charge in [-0.15, -0.1) is 5.10 Å². The summed E-state index contributed by atoms with van der Waals surface area (Å²) in [4.78, 5) is 25.1. The quantitative estimate of drug-likeness (QED) is 0.867. The Kier molecular flexibility index (Phi) is 4.70. The highest BCUT2D eigenvalue weighted by atomic mass is 16.4. The van der Waals surface area contributed by atoms with Gasteiger partial charge in [-0.05, 0) is 25.7 Å². The number of carbonyl (C=O) groups excluding carboxylic acids is 1. The molecule has 1 aliphatic heterocycles. The molecule has 1 saturated heterocycles. The number of nitrogens with zero attached hydrogens (tertiary/aromatic N) is 4. The molecular formula is C13H20N4O3. The monoisotopic (exact) mass is 280 g/mol. The smallest absolute Gasteiger partial charge is 0.358 e. The van der Waals surface area contributed by atoms with Crippen LogP contribution in [0.15, 0.2) is 0 Å². The number of carboxylic acid groups (broad SMARTS) is 1. The van der Waals surface area contributed by atoms with Crippen molar-refractivity contribution in [2.24, 2.45) is 0 Å². The van der Waals surface area contributed by atoms with Crippen LogP contribution in [-0.2, 0) is 17.8 Å². The molecule has 7 heteroatoms. The van der Waals surface area contributed by atoms with Crippen LogP contribution < -0.4 is 0 Å². The Labute approximate surface area is 117 Å². The molecule has 1 aliphatic rings. The molecule has 2 rings (SSSR count). The van der Waals surface area contributed by atoms with E-state index < -0.39 is 5.97 Å². The summed E-state index contributed by atoms with van der Waals surface area (Å²) in [5.41, 5.74) is 0.489. The van der Waals surface area contributed by atoms with E-state index in [0.717, 1.165) is 38.8 Å². The zero-order valence-corrected chi connectivity index (χ0v) is 11.7. The van der Waals surface area contributed by atoms with Crippen molar-refractivity contribution in [2.75, 3.05) is 13.1 Å². The van der Waals surface area contributed by atoms with E-state index in [4.69, 9.17) is 5.11 Å². The zero-order valence-electron chi connectivity index (χ0n) is 11.7. The first-order chi connectivity index (χ1) is 9.63. The third-order valence-electron chi connectivity index (χ3n) is 3.52. The van der Waals surface area contributed by atoms with E-state index in [0.29, 0.717) is 12.1 Å². The van der Waals surface area contributed by atoms with Gasteiger partial charge < -0.3 is 10.0 Å². The van der Waals surface area contributed by atoms with Crippen molar-refractivity contribution in [2.45, 2.75) is 45.6 Å². The van der Waals surface area contributed by atoms with Gasteiger partial charge in [0.05, 0.1) is 5.69 Å². The van der Waals surface area contributed by atoms with E-state index in [2.05, 4.69) is 10.3 Å². The minimum Gasteiger partial charge on any atom is -0.476 e. The lowest BCUT2D eigenvalue weighted by Crippen LogP contribution is -2.38. The van der Waals surface area contributed by atoms with Crippen LogP contribution in [0, 0.1) is 0 Å². The second-order valence-corrected chi connectivity index (χ2v) is 5.04. The molecule has 2 heterocycles. The van der Waals surface area contributed by atoms with Gasteiger partial charge in [-0.2, -0.15) is 0 Å². The average molecular weight is 280 g/mol. The van der Waals surface area contributed by atoms with Crippen LogP contribution in [-0.4, -0.2) is 50.0 Å². The van der Waals surface area contributed by atoms with Gasteiger partial charge >= 0.3 is 5.97 Å².